The van der Waals surface area contributed by atoms with Crippen LogP contribution in [0.4, 0.5) is 0 Å². The third-order valence-corrected chi connectivity index (χ3v) is 3.56. The smallest absolute Gasteiger partial charge is 0.231 e. The summed E-state index contributed by atoms with van der Waals surface area (Å²) in [6.07, 6.45) is 1.60. The highest BCUT2D eigenvalue weighted by atomic mass is 32.2. The molecule has 0 spiro atoms. The number of rotatable bonds is 2. The first kappa shape index (κ1) is 12.1. The Morgan fingerprint density at radius 1 is 1.29 bits per heavy atom. The van der Waals surface area contributed by atoms with E-state index in [4.69, 9.17) is 9.47 Å². The highest BCUT2D eigenvalue weighted by Crippen LogP contribution is 2.32. The molecular weight excluding hydrogens is 238 g/mol. The lowest BCUT2D eigenvalue weighted by atomic mass is 10.2. The molecule has 0 N–H and O–H groups in total. The van der Waals surface area contributed by atoms with Crippen molar-refractivity contribution in [2.24, 2.45) is 4.40 Å². The molecule has 1 aliphatic rings. The Balaban J connectivity index is 2.14. The second-order valence-electron chi connectivity index (χ2n) is 4.71. The molecule has 0 unspecified atom stereocenters. The Morgan fingerprint density at radius 3 is 2.71 bits per heavy atom. The quantitative estimate of drug-likeness (QED) is 0.760. The van der Waals surface area contributed by atoms with Crippen molar-refractivity contribution in [1.82, 2.24) is 0 Å². The van der Waals surface area contributed by atoms with Crippen molar-refractivity contribution in [3.05, 3.63) is 23.8 Å². The van der Waals surface area contributed by atoms with Crippen LogP contribution >= 0.6 is 0 Å². The molecule has 0 radical (unpaired) electrons. The maximum absolute atomic E-state index is 11.7. The molecule has 17 heavy (non-hydrogen) atoms. The molecule has 92 valence electrons. The highest BCUT2D eigenvalue weighted by molar-refractivity contribution is 7.85. The van der Waals surface area contributed by atoms with Crippen LogP contribution in [0, 0.1) is 0 Å². The van der Waals surface area contributed by atoms with Gasteiger partial charge in [-0.2, -0.15) is 4.40 Å². The molecule has 5 heteroatoms. The fourth-order valence-electron chi connectivity index (χ4n) is 1.26. The van der Waals surface area contributed by atoms with E-state index in [1.165, 1.54) is 0 Å². The van der Waals surface area contributed by atoms with Crippen molar-refractivity contribution in [2.45, 2.75) is 25.5 Å². The Morgan fingerprint density at radius 2 is 2.00 bits per heavy atom. The minimum absolute atomic E-state index is 0.254. The molecule has 0 amide bonds. The average Bonchev–Trinajstić information content (AvgIpc) is 2.71. The molecule has 4 nitrogen and oxygen atoms in total. The van der Waals surface area contributed by atoms with E-state index in [-0.39, 0.29) is 11.5 Å². The van der Waals surface area contributed by atoms with Gasteiger partial charge >= 0.3 is 0 Å². The summed E-state index contributed by atoms with van der Waals surface area (Å²) in [5, 5.41) is 0. The van der Waals surface area contributed by atoms with E-state index < -0.39 is 11.0 Å². The number of benzene rings is 1. The van der Waals surface area contributed by atoms with E-state index in [0.29, 0.717) is 5.75 Å². The summed E-state index contributed by atoms with van der Waals surface area (Å²) in [5.74, 6) is 1.44. The number of fused-ring (bicyclic) bond motifs is 1. The second-order valence-corrected chi connectivity index (χ2v) is 6.64. The Labute approximate surface area is 103 Å². The maximum atomic E-state index is 11.7. The van der Waals surface area contributed by atoms with Crippen LogP contribution in [0.25, 0.3) is 0 Å². The molecule has 2 rings (SSSR count). The number of ether oxygens (including phenoxy) is 2. The summed E-state index contributed by atoms with van der Waals surface area (Å²) in [7, 11) is -1.24. The molecule has 1 aromatic rings. The van der Waals surface area contributed by atoms with Gasteiger partial charge < -0.3 is 9.47 Å². The van der Waals surface area contributed by atoms with E-state index in [9.17, 15) is 4.21 Å². The van der Waals surface area contributed by atoms with E-state index in [1.54, 1.807) is 6.21 Å². The van der Waals surface area contributed by atoms with E-state index in [2.05, 4.69) is 4.40 Å². The first-order chi connectivity index (χ1) is 7.97. The Hall–Kier alpha value is -1.36. The standard InChI is InChI=1S/C12H15NO3S/c1-12(2,3)17(14)13-7-9-4-5-10-11(6-9)16-8-15-10/h4-7H,8H2,1-3H3/b13-7+/t17-/m0/s1. The van der Waals surface area contributed by atoms with Gasteiger partial charge in [-0.05, 0) is 44.5 Å². The zero-order valence-electron chi connectivity index (χ0n) is 10.1. The topological polar surface area (TPSA) is 47.9 Å². The van der Waals surface area contributed by atoms with Gasteiger partial charge in [0, 0.05) is 6.21 Å². The predicted octanol–water partition coefficient (Wildman–Crippen LogP) is 2.30. The van der Waals surface area contributed by atoms with Crippen LogP contribution in [0.1, 0.15) is 26.3 Å². The molecular formula is C12H15NO3S. The van der Waals surface area contributed by atoms with Gasteiger partial charge in [0.15, 0.2) is 11.5 Å². The van der Waals surface area contributed by atoms with Crippen molar-refractivity contribution in [3.8, 4) is 11.5 Å². The van der Waals surface area contributed by atoms with Gasteiger partial charge in [0.25, 0.3) is 0 Å². The Kier molecular flexibility index (Phi) is 3.19. The fraction of sp³-hybridized carbons (Fsp3) is 0.417. The molecule has 0 saturated carbocycles. The summed E-state index contributed by atoms with van der Waals surface area (Å²) >= 11 is 0. The van der Waals surface area contributed by atoms with Gasteiger partial charge in [-0.1, -0.05) is 0 Å². The van der Waals surface area contributed by atoms with E-state index >= 15 is 0 Å². The second kappa shape index (κ2) is 4.49. The predicted molar refractivity (Wildman–Crippen MR) is 68.1 cm³/mol. The zero-order valence-corrected chi connectivity index (χ0v) is 10.9. The fourth-order valence-corrected chi connectivity index (χ4v) is 1.79. The normalized spacial score (nSPS) is 16.4. The minimum atomic E-state index is -1.24. The first-order valence-electron chi connectivity index (χ1n) is 5.32. The third-order valence-electron chi connectivity index (χ3n) is 2.22. The van der Waals surface area contributed by atoms with Crippen LogP contribution in [0.2, 0.25) is 0 Å². The first-order valence-corrected chi connectivity index (χ1v) is 6.43. The molecule has 1 aliphatic heterocycles. The van der Waals surface area contributed by atoms with E-state index in [1.807, 2.05) is 39.0 Å². The monoisotopic (exact) mass is 253 g/mol. The summed E-state index contributed by atoms with van der Waals surface area (Å²) in [4.78, 5) is 0. The largest absolute Gasteiger partial charge is 0.454 e. The summed E-state index contributed by atoms with van der Waals surface area (Å²) in [5.41, 5.74) is 0.854. The van der Waals surface area contributed by atoms with Crippen LogP contribution in [-0.4, -0.2) is 22.0 Å². The van der Waals surface area contributed by atoms with Crippen molar-refractivity contribution in [2.75, 3.05) is 6.79 Å². The van der Waals surface area contributed by atoms with Gasteiger partial charge in [0.2, 0.25) is 6.79 Å². The van der Waals surface area contributed by atoms with Crippen LogP contribution in [-0.2, 0) is 11.0 Å². The molecule has 1 atom stereocenters. The van der Waals surface area contributed by atoms with Crippen LogP contribution in [0.15, 0.2) is 22.6 Å². The van der Waals surface area contributed by atoms with Crippen molar-refractivity contribution in [3.63, 3.8) is 0 Å². The molecule has 0 bridgehead atoms. The van der Waals surface area contributed by atoms with Crippen molar-refractivity contribution < 1.29 is 13.7 Å². The number of hydrogen-bond acceptors (Lipinski definition) is 3. The zero-order chi connectivity index (χ0) is 12.5. The molecule has 0 fully saturated rings. The molecule has 1 aromatic carbocycles. The minimum Gasteiger partial charge on any atom is -0.454 e. The summed E-state index contributed by atoms with van der Waals surface area (Å²) < 4.78 is 25.9. The number of hydrogen-bond donors (Lipinski definition) is 0. The van der Waals surface area contributed by atoms with Gasteiger partial charge in [-0.15, -0.1) is 0 Å². The van der Waals surface area contributed by atoms with Crippen LogP contribution in [0.3, 0.4) is 0 Å². The summed E-state index contributed by atoms with van der Waals surface area (Å²) in [6.45, 7) is 5.92. The van der Waals surface area contributed by atoms with Crippen molar-refractivity contribution >= 4 is 17.2 Å². The molecule has 0 saturated heterocycles. The lowest BCUT2D eigenvalue weighted by molar-refractivity contribution is 0.174. The van der Waals surface area contributed by atoms with Crippen LogP contribution < -0.4 is 9.47 Å². The molecule has 0 aliphatic carbocycles. The van der Waals surface area contributed by atoms with Gasteiger partial charge in [-0.25, -0.2) is 4.21 Å². The maximum Gasteiger partial charge on any atom is 0.231 e. The number of nitrogens with zero attached hydrogens (tertiary/aromatic N) is 1. The van der Waals surface area contributed by atoms with Gasteiger partial charge in [-0.3, -0.25) is 0 Å². The molecule has 0 aromatic heterocycles. The lowest BCUT2D eigenvalue weighted by Crippen LogP contribution is -2.19. The van der Waals surface area contributed by atoms with Crippen molar-refractivity contribution in [1.29, 1.82) is 0 Å². The Bertz CT molecular complexity index is 477. The molecule has 1 heterocycles. The van der Waals surface area contributed by atoms with Gasteiger partial charge in [0.05, 0.1) is 4.75 Å². The summed E-state index contributed by atoms with van der Waals surface area (Å²) in [6, 6.07) is 5.51. The third kappa shape index (κ3) is 2.85. The van der Waals surface area contributed by atoms with Crippen LogP contribution in [0.5, 0.6) is 11.5 Å². The SMILES string of the molecule is CC(C)(C)[S@](=O)/N=C/c1ccc2c(c1)OCO2. The average molecular weight is 253 g/mol. The van der Waals surface area contributed by atoms with Gasteiger partial charge in [0.1, 0.15) is 11.0 Å². The lowest BCUT2D eigenvalue weighted by Gasteiger charge is -2.12. The highest BCUT2D eigenvalue weighted by Gasteiger charge is 2.18. The van der Waals surface area contributed by atoms with E-state index in [0.717, 1.165) is 11.3 Å².